The first-order valence-corrected chi connectivity index (χ1v) is 6.94. The molecule has 116 valence electrons. The SMILES string of the molecule is Cc1occc1C(=O)Nc1cc(Cl)ccc1C(=O)NCCO. The average molecular weight is 323 g/mol. The first-order valence-electron chi connectivity index (χ1n) is 6.57. The Bertz CT molecular complexity index is 697. The van der Waals surface area contributed by atoms with E-state index in [0.717, 1.165) is 0 Å². The summed E-state index contributed by atoms with van der Waals surface area (Å²) in [4.78, 5) is 24.2. The second-order valence-corrected chi connectivity index (χ2v) is 4.95. The predicted molar refractivity (Wildman–Crippen MR) is 82.3 cm³/mol. The van der Waals surface area contributed by atoms with Gasteiger partial charge in [0.05, 0.1) is 29.7 Å². The van der Waals surface area contributed by atoms with Crippen molar-refractivity contribution in [1.82, 2.24) is 5.32 Å². The summed E-state index contributed by atoms with van der Waals surface area (Å²) in [5.74, 6) is -0.333. The maximum absolute atomic E-state index is 12.2. The average Bonchev–Trinajstić information content (AvgIpc) is 2.91. The Morgan fingerprint density at radius 3 is 2.64 bits per heavy atom. The molecule has 0 bridgehead atoms. The summed E-state index contributed by atoms with van der Waals surface area (Å²) in [5.41, 5.74) is 0.919. The molecule has 3 N–H and O–H groups in total. The van der Waals surface area contributed by atoms with Crippen molar-refractivity contribution in [3.8, 4) is 0 Å². The third-order valence-electron chi connectivity index (χ3n) is 2.98. The minimum absolute atomic E-state index is 0.121. The number of furan rings is 1. The summed E-state index contributed by atoms with van der Waals surface area (Å²) in [6.07, 6.45) is 1.41. The van der Waals surface area contributed by atoms with Crippen molar-refractivity contribution in [3.63, 3.8) is 0 Å². The number of aliphatic hydroxyl groups excluding tert-OH is 1. The Labute approximate surface area is 132 Å². The lowest BCUT2D eigenvalue weighted by Crippen LogP contribution is -2.27. The molecule has 0 fully saturated rings. The number of anilines is 1. The summed E-state index contributed by atoms with van der Waals surface area (Å²) in [6, 6.07) is 6.09. The van der Waals surface area contributed by atoms with Gasteiger partial charge in [-0.3, -0.25) is 9.59 Å². The van der Waals surface area contributed by atoms with Crippen molar-refractivity contribution in [3.05, 3.63) is 52.4 Å². The van der Waals surface area contributed by atoms with E-state index in [9.17, 15) is 9.59 Å². The fourth-order valence-corrected chi connectivity index (χ4v) is 2.06. The summed E-state index contributed by atoms with van der Waals surface area (Å²) < 4.78 is 5.08. The molecule has 1 heterocycles. The van der Waals surface area contributed by atoms with Crippen molar-refractivity contribution < 1.29 is 19.1 Å². The summed E-state index contributed by atoms with van der Waals surface area (Å²) in [7, 11) is 0. The molecule has 6 nitrogen and oxygen atoms in total. The van der Waals surface area contributed by atoms with Gasteiger partial charge < -0.3 is 20.2 Å². The maximum Gasteiger partial charge on any atom is 0.259 e. The van der Waals surface area contributed by atoms with E-state index in [2.05, 4.69) is 10.6 Å². The quantitative estimate of drug-likeness (QED) is 0.787. The molecule has 22 heavy (non-hydrogen) atoms. The summed E-state index contributed by atoms with van der Waals surface area (Å²) >= 11 is 5.92. The molecule has 1 aromatic heterocycles. The van der Waals surface area contributed by atoms with Crippen LogP contribution in [0.3, 0.4) is 0 Å². The Morgan fingerprint density at radius 1 is 1.23 bits per heavy atom. The Kier molecular flexibility index (Phi) is 5.19. The number of hydrogen-bond acceptors (Lipinski definition) is 4. The maximum atomic E-state index is 12.2. The van der Waals surface area contributed by atoms with Crippen LogP contribution in [0.4, 0.5) is 5.69 Å². The Morgan fingerprint density at radius 2 is 2.00 bits per heavy atom. The highest BCUT2D eigenvalue weighted by atomic mass is 35.5. The van der Waals surface area contributed by atoms with Crippen molar-refractivity contribution in [2.75, 3.05) is 18.5 Å². The molecule has 1 aromatic carbocycles. The van der Waals surface area contributed by atoms with Gasteiger partial charge in [-0.2, -0.15) is 0 Å². The molecule has 0 radical (unpaired) electrons. The van der Waals surface area contributed by atoms with Gasteiger partial charge in [-0.05, 0) is 31.2 Å². The van der Waals surface area contributed by atoms with E-state index in [1.165, 1.54) is 18.4 Å². The molecule has 2 amide bonds. The van der Waals surface area contributed by atoms with Crippen LogP contribution in [0.25, 0.3) is 0 Å². The smallest absolute Gasteiger partial charge is 0.259 e. The van der Waals surface area contributed by atoms with Gasteiger partial charge in [0, 0.05) is 11.6 Å². The van der Waals surface area contributed by atoms with Crippen LogP contribution in [0.5, 0.6) is 0 Å². The van der Waals surface area contributed by atoms with E-state index in [-0.39, 0.29) is 24.4 Å². The molecule has 2 rings (SSSR count). The van der Waals surface area contributed by atoms with Gasteiger partial charge in [0.1, 0.15) is 5.76 Å². The fourth-order valence-electron chi connectivity index (χ4n) is 1.89. The normalized spacial score (nSPS) is 10.3. The molecule has 0 atom stereocenters. The molecule has 0 saturated carbocycles. The number of hydrogen-bond donors (Lipinski definition) is 3. The van der Waals surface area contributed by atoms with E-state index in [1.54, 1.807) is 19.1 Å². The van der Waals surface area contributed by atoms with Gasteiger partial charge >= 0.3 is 0 Å². The molecule has 0 saturated heterocycles. The third kappa shape index (κ3) is 3.66. The van der Waals surface area contributed by atoms with Gasteiger partial charge in [-0.15, -0.1) is 0 Å². The number of amides is 2. The summed E-state index contributed by atoms with van der Waals surface area (Å²) in [5, 5.41) is 14.3. The van der Waals surface area contributed by atoms with Crippen molar-refractivity contribution in [2.24, 2.45) is 0 Å². The zero-order valence-electron chi connectivity index (χ0n) is 11.9. The van der Waals surface area contributed by atoms with Gasteiger partial charge in [0.15, 0.2) is 0 Å². The zero-order chi connectivity index (χ0) is 16.1. The van der Waals surface area contributed by atoms with Crippen molar-refractivity contribution >= 4 is 29.1 Å². The Balaban J connectivity index is 2.26. The number of aliphatic hydroxyl groups is 1. The standard InChI is InChI=1S/C15H15ClN2O4/c1-9-11(4-7-22-9)15(21)18-13-8-10(16)2-3-12(13)14(20)17-5-6-19/h2-4,7-8,19H,5-6H2,1H3,(H,17,20)(H,18,21). The largest absolute Gasteiger partial charge is 0.469 e. The Hall–Kier alpha value is -2.31. The first kappa shape index (κ1) is 16.1. The van der Waals surface area contributed by atoms with E-state index in [0.29, 0.717) is 16.3 Å². The highest BCUT2D eigenvalue weighted by Crippen LogP contribution is 2.22. The zero-order valence-corrected chi connectivity index (χ0v) is 12.6. The van der Waals surface area contributed by atoms with Crippen LogP contribution >= 0.6 is 11.6 Å². The van der Waals surface area contributed by atoms with Crippen LogP contribution in [0.2, 0.25) is 5.02 Å². The van der Waals surface area contributed by atoms with Crippen LogP contribution in [-0.4, -0.2) is 30.1 Å². The van der Waals surface area contributed by atoms with E-state index >= 15 is 0 Å². The number of rotatable bonds is 5. The molecular formula is C15H15ClN2O4. The van der Waals surface area contributed by atoms with Crippen LogP contribution in [-0.2, 0) is 0 Å². The van der Waals surface area contributed by atoms with E-state index in [1.807, 2.05) is 0 Å². The van der Waals surface area contributed by atoms with Crippen molar-refractivity contribution in [2.45, 2.75) is 6.92 Å². The minimum Gasteiger partial charge on any atom is -0.469 e. The third-order valence-corrected chi connectivity index (χ3v) is 3.21. The van der Waals surface area contributed by atoms with Gasteiger partial charge in [0.2, 0.25) is 0 Å². The highest BCUT2D eigenvalue weighted by molar-refractivity contribution is 6.31. The lowest BCUT2D eigenvalue weighted by molar-refractivity contribution is 0.0945. The van der Waals surface area contributed by atoms with Gasteiger partial charge in [0.25, 0.3) is 11.8 Å². The lowest BCUT2D eigenvalue weighted by atomic mass is 10.1. The van der Waals surface area contributed by atoms with Crippen LogP contribution < -0.4 is 10.6 Å². The van der Waals surface area contributed by atoms with Crippen LogP contribution in [0.15, 0.2) is 34.9 Å². The molecule has 7 heteroatoms. The van der Waals surface area contributed by atoms with Crippen molar-refractivity contribution in [1.29, 1.82) is 0 Å². The van der Waals surface area contributed by atoms with Crippen LogP contribution in [0, 0.1) is 6.92 Å². The lowest BCUT2D eigenvalue weighted by Gasteiger charge is -2.11. The second kappa shape index (κ2) is 7.11. The number of aryl methyl sites for hydroxylation is 1. The molecule has 0 unspecified atom stereocenters. The molecular weight excluding hydrogens is 308 g/mol. The highest BCUT2D eigenvalue weighted by Gasteiger charge is 2.17. The second-order valence-electron chi connectivity index (χ2n) is 4.51. The number of benzene rings is 1. The summed E-state index contributed by atoms with van der Waals surface area (Å²) in [6.45, 7) is 1.62. The molecule has 2 aromatic rings. The fraction of sp³-hybridized carbons (Fsp3) is 0.200. The number of carbonyl (C=O) groups is 2. The molecule has 0 aliphatic carbocycles. The number of nitrogens with one attached hydrogen (secondary N) is 2. The minimum atomic E-state index is -0.412. The predicted octanol–water partition coefficient (Wildman–Crippen LogP) is 2.22. The van der Waals surface area contributed by atoms with E-state index in [4.69, 9.17) is 21.1 Å². The molecule has 0 aliphatic heterocycles. The topological polar surface area (TPSA) is 91.6 Å². The van der Waals surface area contributed by atoms with E-state index < -0.39 is 11.8 Å². The first-order chi connectivity index (χ1) is 10.5. The van der Waals surface area contributed by atoms with Crippen LogP contribution in [0.1, 0.15) is 26.5 Å². The monoisotopic (exact) mass is 322 g/mol. The molecule has 0 spiro atoms. The van der Waals surface area contributed by atoms with Gasteiger partial charge in [-0.25, -0.2) is 0 Å². The van der Waals surface area contributed by atoms with Gasteiger partial charge in [-0.1, -0.05) is 11.6 Å². The number of halogens is 1. The molecule has 0 aliphatic rings. The number of carbonyl (C=O) groups excluding carboxylic acids is 2.